The topological polar surface area (TPSA) is 67.2 Å². The lowest BCUT2D eigenvalue weighted by molar-refractivity contribution is -0.117. The molecule has 1 fully saturated rings. The van der Waals surface area contributed by atoms with Gasteiger partial charge in [-0.05, 0) is 56.0 Å². The number of rotatable bonds is 4. The van der Waals surface area contributed by atoms with Crippen LogP contribution >= 0.6 is 11.6 Å². The summed E-state index contributed by atoms with van der Waals surface area (Å²) in [7, 11) is 0. The number of hydrogen-bond donors (Lipinski definition) is 1. The van der Waals surface area contributed by atoms with E-state index in [0.29, 0.717) is 35.1 Å². The first kappa shape index (κ1) is 18.9. The first-order valence-corrected chi connectivity index (χ1v) is 10.6. The van der Waals surface area contributed by atoms with Gasteiger partial charge in [0.15, 0.2) is 0 Å². The highest BCUT2D eigenvalue weighted by molar-refractivity contribution is 6.34. The predicted molar refractivity (Wildman–Crippen MR) is 117 cm³/mol. The second-order valence-corrected chi connectivity index (χ2v) is 8.05. The van der Waals surface area contributed by atoms with Crippen LogP contribution in [0, 0.1) is 0 Å². The molecule has 2 amide bonds. The molecule has 0 atom stereocenters. The van der Waals surface area contributed by atoms with Gasteiger partial charge >= 0.3 is 0 Å². The van der Waals surface area contributed by atoms with Crippen molar-refractivity contribution < 1.29 is 9.59 Å². The van der Waals surface area contributed by atoms with Crippen LogP contribution in [0.3, 0.4) is 0 Å². The van der Waals surface area contributed by atoms with E-state index in [1.807, 2.05) is 35.0 Å². The first-order valence-electron chi connectivity index (χ1n) is 10.2. The molecule has 3 aromatic rings. The second kappa shape index (κ2) is 7.61. The molecule has 30 heavy (non-hydrogen) atoms. The van der Waals surface area contributed by atoms with Crippen LogP contribution in [0.1, 0.15) is 40.9 Å². The monoisotopic (exact) mass is 420 g/mol. The van der Waals surface area contributed by atoms with Gasteiger partial charge in [0, 0.05) is 24.1 Å². The van der Waals surface area contributed by atoms with E-state index in [-0.39, 0.29) is 11.8 Å². The molecule has 0 radical (unpaired) electrons. The Morgan fingerprint density at radius 1 is 1.03 bits per heavy atom. The predicted octanol–water partition coefficient (Wildman–Crippen LogP) is 4.39. The van der Waals surface area contributed by atoms with E-state index in [1.54, 1.807) is 23.1 Å². The lowest BCUT2D eigenvalue weighted by atomic mass is 10.1. The van der Waals surface area contributed by atoms with Gasteiger partial charge in [-0.1, -0.05) is 29.8 Å². The molecule has 0 unspecified atom stereocenters. The summed E-state index contributed by atoms with van der Waals surface area (Å²) in [6.45, 7) is 0.623. The summed E-state index contributed by atoms with van der Waals surface area (Å²) >= 11 is 6.33. The SMILES string of the molecule is O=C(Nc1c2c(nn1-c1ccccc1)CCC2)c1ccc(Cl)c(N2CCCC2=O)c1. The lowest BCUT2D eigenvalue weighted by Crippen LogP contribution is -2.24. The van der Waals surface area contributed by atoms with Gasteiger partial charge in [0.25, 0.3) is 5.91 Å². The zero-order valence-corrected chi connectivity index (χ0v) is 17.2. The molecular formula is C23H21ClN4O2. The van der Waals surface area contributed by atoms with Gasteiger partial charge < -0.3 is 10.2 Å². The minimum absolute atomic E-state index is 0.0365. The average molecular weight is 421 g/mol. The molecule has 5 rings (SSSR count). The number of halogens is 1. The molecule has 6 nitrogen and oxygen atoms in total. The molecule has 1 N–H and O–H groups in total. The number of fused-ring (bicyclic) bond motifs is 1. The number of carbonyl (C=O) groups is 2. The summed E-state index contributed by atoms with van der Waals surface area (Å²) in [5.74, 6) is 0.508. The Kier molecular flexibility index (Phi) is 4.79. The van der Waals surface area contributed by atoms with E-state index in [2.05, 4.69) is 5.32 Å². The maximum absolute atomic E-state index is 13.2. The number of aryl methyl sites for hydroxylation is 1. The molecule has 2 aromatic carbocycles. The number of carbonyl (C=O) groups excluding carboxylic acids is 2. The van der Waals surface area contributed by atoms with Crippen LogP contribution in [0.15, 0.2) is 48.5 Å². The molecule has 2 aliphatic rings. The Bertz CT molecular complexity index is 1140. The number of anilines is 2. The summed E-state index contributed by atoms with van der Waals surface area (Å²) in [5.41, 5.74) is 4.08. The van der Waals surface area contributed by atoms with Crippen molar-refractivity contribution in [3.8, 4) is 5.69 Å². The molecule has 0 spiro atoms. The fraction of sp³-hybridized carbons (Fsp3) is 0.261. The summed E-state index contributed by atoms with van der Waals surface area (Å²) in [5, 5.41) is 8.28. The van der Waals surface area contributed by atoms with Crippen molar-refractivity contribution in [3.05, 3.63) is 70.4 Å². The number of aromatic nitrogens is 2. The van der Waals surface area contributed by atoms with Crippen LogP contribution in [0.25, 0.3) is 5.69 Å². The molecule has 2 heterocycles. The van der Waals surface area contributed by atoms with Crippen LogP contribution in [-0.4, -0.2) is 28.1 Å². The fourth-order valence-corrected chi connectivity index (χ4v) is 4.44. The van der Waals surface area contributed by atoms with Crippen LogP contribution < -0.4 is 10.2 Å². The highest BCUT2D eigenvalue weighted by Gasteiger charge is 2.27. The van der Waals surface area contributed by atoms with Crippen molar-refractivity contribution >= 4 is 34.9 Å². The number of hydrogen-bond acceptors (Lipinski definition) is 3. The molecule has 1 aromatic heterocycles. The highest BCUT2D eigenvalue weighted by Crippen LogP contribution is 2.33. The fourth-order valence-electron chi connectivity index (χ4n) is 4.22. The van der Waals surface area contributed by atoms with Crippen LogP contribution in [0.4, 0.5) is 11.5 Å². The minimum Gasteiger partial charge on any atom is -0.311 e. The quantitative estimate of drug-likeness (QED) is 0.680. The third kappa shape index (κ3) is 3.27. The van der Waals surface area contributed by atoms with E-state index in [1.165, 1.54) is 0 Å². The lowest BCUT2D eigenvalue weighted by Gasteiger charge is -2.18. The second-order valence-electron chi connectivity index (χ2n) is 7.64. The molecule has 7 heteroatoms. The maximum Gasteiger partial charge on any atom is 0.256 e. The third-order valence-electron chi connectivity index (χ3n) is 5.71. The van der Waals surface area contributed by atoms with Gasteiger partial charge in [-0.15, -0.1) is 0 Å². The van der Waals surface area contributed by atoms with Gasteiger partial charge in [-0.25, -0.2) is 4.68 Å². The Morgan fingerprint density at radius 3 is 2.63 bits per heavy atom. The van der Waals surface area contributed by atoms with E-state index in [9.17, 15) is 9.59 Å². The first-order chi connectivity index (χ1) is 14.6. The van der Waals surface area contributed by atoms with Crippen LogP contribution in [0.2, 0.25) is 5.02 Å². The molecular weight excluding hydrogens is 400 g/mol. The van der Waals surface area contributed by atoms with E-state index >= 15 is 0 Å². The van der Waals surface area contributed by atoms with Crippen molar-refractivity contribution in [3.63, 3.8) is 0 Å². The standard InChI is InChI=1S/C23H21ClN4O2/c24-18-12-11-15(14-20(18)27-13-5-10-21(27)29)23(30)25-22-17-8-4-9-19(17)26-28(22)16-6-2-1-3-7-16/h1-3,6-7,11-12,14H,4-5,8-10,13H2,(H,25,30). The minimum atomic E-state index is -0.244. The summed E-state index contributed by atoms with van der Waals surface area (Å²) in [4.78, 5) is 27.0. The Balaban J connectivity index is 1.49. The zero-order valence-electron chi connectivity index (χ0n) is 16.4. The van der Waals surface area contributed by atoms with E-state index < -0.39 is 0 Å². The molecule has 152 valence electrons. The third-order valence-corrected chi connectivity index (χ3v) is 6.03. The maximum atomic E-state index is 13.2. The Morgan fingerprint density at radius 2 is 1.87 bits per heavy atom. The van der Waals surface area contributed by atoms with Gasteiger partial charge in [0.1, 0.15) is 5.82 Å². The molecule has 1 aliphatic carbocycles. The average Bonchev–Trinajstić information content (AvgIpc) is 3.46. The molecule has 0 saturated carbocycles. The summed E-state index contributed by atoms with van der Waals surface area (Å²) in [6.07, 6.45) is 4.16. The van der Waals surface area contributed by atoms with Crippen LogP contribution in [0.5, 0.6) is 0 Å². The molecule has 1 aliphatic heterocycles. The van der Waals surface area contributed by atoms with Gasteiger partial charge in [0.2, 0.25) is 5.91 Å². The van der Waals surface area contributed by atoms with Gasteiger partial charge in [-0.3, -0.25) is 9.59 Å². The van der Waals surface area contributed by atoms with Gasteiger partial charge in [-0.2, -0.15) is 5.10 Å². The summed E-state index contributed by atoms with van der Waals surface area (Å²) < 4.78 is 1.81. The van der Waals surface area contributed by atoms with E-state index in [0.717, 1.165) is 42.6 Å². The van der Waals surface area contributed by atoms with Crippen molar-refractivity contribution in [1.29, 1.82) is 0 Å². The largest absolute Gasteiger partial charge is 0.311 e. The molecule has 1 saturated heterocycles. The number of nitrogens with one attached hydrogen (secondary N) is 1. The Labute approximate surface area is 179 Å². The highest BCUT2D eigenvalue weighted by atomic mass is 35.5. The van der Waals surface area contributed by atoms with Crippen molar-refractivity contribution in [2.45, 2.75) is 32.1 Å². The number of benzene rings is 2. The van der Waals surface area contributed by atoms with E-state index in [4.69, 9.17) is 16.7 Å². The van der Waals surface area contributed by atoms with Crippen LogP contribution in [-0.2, 0) is 17.6 Å². The normalized spacial score (nSPS) is 15.5. The van der Waals surface area contributed by atoms with Crippen molar-refractivity contribution in [1.82, 2.24) is 9.78 Å². The zero-order chi connectivity index (χ0) is 20.7. The van der Waals surface area contributed by atoms with Crippen molar-refractivity contribution in [2.24, 2.45) is 0 Å². The number of nitrogens with zero attached hydrogens (tertiary/aromatic N) is 3. The van der Waals surface area contributed by atoms with Gasteiger partial charge in [0.05, 0.1) is 22.1 Å². The van der Waals surface area contributed by atoms with Crippen molar-refractivity contribution in [2.75, 3.05) is 16.8 Å². The summed E-state index contributed by atoms with van der Waals surface area (Å²) in [6, 6.07) is 14.9. The molecule has 0 bridgehead atoms. The number of amides is 2. The Hall–Kier alpha value is -3.12. The smallest absolute Gasteiger partial charge is 0.256 e. The number of para-hydroxylation sites is 1.